The first-order valence-electron chi connectivity index (χ1n) is 12.1. The molecule has 0 aliphatic carbocycles. The largest absolute Gasteiger partial charge is 0.328 e. The van der Waals surface area contributed by atoms with Crippen LogP contribution < -0.4 is 11.1 Å². The number of rotatable bonds is 8. The molecular weight excluding hydrogens is 404 g/mol. The molecule has 33 heavy (non-hydrogen) atoms. The van der Waals surface area contributed by atoms with E-state index in [1.807, 2.05) is 6.79 Å². The molecule has 1 aliphatic rings. The van der Waals surface area contributed by atoms with E-state index in [0.29, 0.717) is 12.1 Å². The molecule has 4 rings (SSSR count). The summed E-state index contributed by atoms with van der Waals surface area (Å²) in [5, 5.41) is 3.44. The number of hydrogen-bond acceptors (Lipinski definition) is 3. The van der Waals surface area contributed by atoms with Gasteiger partial charge in [0.2, 0.25) is 0 Å². The quantitative estimate of drug-likeness (QED) is 0.455. The van der Waals surface area contributed by atoms with Crippen LogP contribution in [0.3, 0.4) is 0 Å². The third kappa shape index (κ3) is 10.6. The smallest absolute Gasteiger partial charge is 0.106 e. The molecule has 3 heteroatoms. The van der Waals surface area contributed by atoms with Crippen molar-refractivity contribution >= 4 is 6.79 Å². The predicted molar refractivity (Wildman–Crippen MR) is 140 cm³/mol. The van der Waals surface area contributed by atoms with Crippen molar-refractivity contribution in [3.8, 4) is 0 Å². The molecule has 0 radical (unpaired) electrons. The summed E-state index contributed by atoms with van der Waals surface area (Å²) in [4.78, 5) is 8.00. The summed E-state index contributed by atoms with van der Waals surface area (Å²) in [6.07, 6.45) is 8.11. The van der Waals surface area contributed by atoms with Gasteiger partial charge in [0.1, 0.15) is 6.79 Å². The van der Waals surface area contributed by atoms with Crippen LogP contribution in [0.2, 0.25) is 0 Å². The van der Waals surface area contributed by atoms with Crippen LogP contribution in [-0.4, -0.2) is 18.9 Å². The zero-order chi connectivity index (χ0) is 23.7. The van der Waals surface area contributed by atoms with Crippen molar-refractivity contribution < 1.29 is 4.79 Å². The van der Waals surface area contributed by atoms with Gasteiger partial charge in [-0.2, -0.15) is 0 Å². The fraction of sp³-hybridized carbons (Fsp3) is 0.367. The highest BCUT2D eigenvalue weighted by molar-refractivity contribution is 5.29. The Kier molecular flexibility index (Phi) is 12.8. The van der Waals surface area contributed by atoms with Crippen molar-refractivity contribution in [3.05, 3.63) is 107 Å². The number of aryl methyl sites for hydroxylation is 2. The zero-order valence-corrected chi connectivity index (χ0v) is 20.1. The third-order valence-electron chi connectivity index (χ3n) is 6.05. The van der Waals surface area contributed by atoms with Crippen molar-refractivity contribution in [1.82, 2.24) is 5.32 Å². The SMILES string of the molecule is C=O.CC1Cc2ccccc2CN1.NC(CCCc1ccccc1)CCCc1ccccc1. The van der Waals surface area contributed by atoms with Gasteiger partial charge in [0.15, 0.2) is 0 Å². The van der Waals surface area contributed by atoms with E-state index in [2.05, 4.69) is 97.2 Å². The van der Waals surface area contributed by atoms with Gasteiger partial charge in [0.05, 0.1) is 0 Å². The van der Waals surface area contributed by atoms with Gasteiger partial charge in [-0.3, -0.25) is 0 Å². The lowest BCUT2D eigenvalue weighted by Crippen LogP contribution is -2.32. The van der Waals surface area contributed by atoms with Gasteiger partial charge in [-0.25, -0.2) is 0 Å². The first-order chi connectivity index (χ1) is 16.2. The monoisotopic (exact) mass is 444 g/mol. The second-order valence-corrected chi connectivity index (χ2v) is 8.77. The second kappa shape index (κ2) is 16.0. The summed E-state index contributed by atoms with van der Waals surface area (Å²) in [5.41, 5.74) is 12.0. The van der Waals surface area contributed by atoms with Crippen LogP contribution in [0, 0.1) is 0 Å². The molecular formula is C30H40N2O. The Labute approximate surface area is 200 Å². The number of fused-ring (bicyclic) bond motifs is 1. The lowest BCUT2D eigenvalue weighted by Gasteiger charge is -2.22. The zero-order valence-electron chi connectivity index (χ0n) is 20.1. The Morgan fingerprint density at radius 3 is 1.76 bits per heavy atom. The van der Waals surface area contributed by atoms with Crippen LogP contribution in [-0.2, 0) is 30.6 Å². The van der Waals surface area contributed by atoms with E-state index < -0.39 is 0 Å². The molecule has 1 heterocycles. The van der Waals surface area contributed by atoms with Crippen molar-refractivity contribution in [2.24, 2.45) is 5.73 Å². The van der Waals surface area contributed by atoms with E-state index in [-0.39, 0.29) is 0 Å². The molecule has 0 spiro atoms. The molecule has 0 saturated carbocycles. The topological polar surface area (TPSA) is 55.1 Å². The Morgan fingerprint density at radius 2 is 1.24 bits per heavy atom. The highest BCUT2D eigenvalue weighted by Gasteiger charge is 2.12. The Hall–Kier alpha value is -2.75. The average molecular weight is 445 g/mol. The highest BCUT2D eigenvalue weighted by atomic mass is 16.1. The molecule has 3 N–H and O–H groups in total. The molecule has 3 aromatic carbocycles. The van der Waals surface area contributed by atoms with Gasteiger partial charge in [-0.1, -0.05) is 84.9 Å². The van der Waals surface area contributed by atoms with Crippen LogP contribution in [0.1, 0.15) is 54.9 Å². The fourth-order valence-electron chi connectivity index (χ4n) is 4.19. The van der Waals surface area contributed by atoms with E-state index in [4.69, 9.17) is 10.5 Å². The minimum absolute atomic E-state index is 0.349. The number of benzene rings is 3. The van der Waals surface area contributed by atoms with Gasteiger partial charge < -0.3 is 15.8 Å². The molecule has 0 aromatic heterocycles. The van der Waals surface area contributed by atoms with E-state index in [1.165, 1.54) is 41.5 Å². The lowest BCUT2D eigenvalue weighted by molar-refractivity contribution is -0.0979. The lowest BCUT2D eigenvalue weighted by atomic mass is 9.97. The van der Waals surface area contributed by atoms with Crippen LogP contribution in [0.15, 0.2) is 84.9 Å². The average Bonchev–Trinajstić information content (AvgIpc) is 2.87. The second-order valence-electron chi connectivity index (χ2n) is 8.77. The normalized spacial score (nSPS) is 14.3. The third-order valence-corrected chi connectivity index (χ3v) is 6.05. The number of hydrogen-bond donors (Lipinski definition) is 2. The van der Waals surface area contributed by atoms with Crippen LogP contribution in [0.5, 0.6) is 0 Å². The van der Waals surface area contributed by atoms with E-state index in [1.54, 1.807) is 0 Å². The first-order valence-corrected chi connectivity index (χ1v) is 12.1. The summed E-state index contributed by atoms with van der Waals surface area (Å²) in [6.45, 7) is 5.27. The van der Waals surface area contributed by atoms with Gasteiger partial charge >= 0.3 is 0 Å². The van der Waals surface area contributed by atoms with Crippen LogP contribution in [0.25, 0.3) is 0 Å². The summed E-state index contributed by atoms with van der Waals surface area (Å²) in [6, 6.07) is 31.0. The molecule has 3 nitrogen and oxygen atoms in total. The van der Waals surface area contributed by atoms with Gasteiger partial charge in [0.25, 0.3) is 0 Å². The summed E-state index contributed by atoms with van der Waals surface area (Å²) in [5.74, 6) is 0. The molecule has 1 aliphatic heterocycles. The van der Waals surface area contributed by atoms with Crippen molar-refractivity contribution in [3.63, 3.8) is 0 Å². The minimum Gasteiger partial charge on any atom is -0.328 e. The van der Waals surface area contributed by atoms with E-state index in [9.17, 15) is 0 Å². The molecule has 1 unspecified atom stereocenters. The number of carbonyl (C=O) groups excluding carboxylic acids is 1. The van der Waals surface area contributed by atoms with Crippen molar-refractivity contribution in [1.29, 1.82) is 0 Å². The maximum Gasteiger partial charge on any atom is 0.106 e. The van der Waals surface area contributed by atoms with Crippen molar-refractivity contribution in [2.75, 3.05) is 0 Å². The standard InChI is InChI=1S/C19H25N.C10H13N.CH2O/c20-19(15-7-13-17-9-3-1-4-10-17)16-8-14-18-11-5-2-6-12-18;1-8-6-9-4-2-3-5-10(9)7-11-8;1-2/h1-6,9-12,19H,7-8,13-16,20H2;2-5,8,11H,6-7H2,1H3;1H2. The Balaban J connectivity index is 0.000000249. The highest BCUT2D eigenvalue weighted by Crippen LogP contribution is 2.15. The first kappa shape index (κ1) is 26.5. The minimum atomic E-state index is 0.349. The van der Waals surface area contributed by atoms with Gasteiger partial charge in [-0.05, 0) is 74.1 Å². The molecule has 0 bridgehead atoms. The maximum atomic E-state index is 8.00. The van der Waals surface area contributed by atoms with Gasteiger partial charge in [-0.15, -0.1) is 0 Å². The summed E-state index contributed by atoms with van der Waals surface area (Å²) < 4.78 is 0. The van der Waals surface area contributed by atoms with E-state index >= 15 is 0 Å². The fourth-order valence-corrected chi connectivity index (χ4v) is 4.19. The van der Waals surface area contributed by atoms with Crippen LogP contribution in [0.4, 0.5) is 0 Å². The number of carbonyl (C=O) groups is 1. The van der Waals surface area contributed by atoms with Gasteiger partial charge in [0, 0.05) is 18.6 Å². The van der Waals surface area contributed by atoms with E-state index in [0.717, 1.165) is 32.2 Å². The molecule has 1 atom stereocenters. The summed E-state index contributed by atoms with van der Waals surface area (Å²) in [7, 11) is 0. The molecule has 0 fully saturated rings. The maximum absolute atomic E-state index is 8.00. The molecule has 3 aromatic rings. The Morgan fingerprint density at radius 1 is 0.788 bits per heavy atom. The predicted octanol–water partition coefficient (Wildman–Crippen LogP) is 5.90. The van der Waals surface area contributed by atoms with Crippen LogP contribution >= 0.6 is 0 Å². The molecule has 0 saturated heterocycles. The summed E-state index contributed by atoms with van der Waals surface area (Å²) >= 11 is 0. The Bertz CT molecular complexity index is 837. The number of nitrogens with two attached hydrogens (primary N) is 1. The molecule has 0 amide bonds. The molecule has 176 valence electrons. The van der Waals surface area contributed by atoms with Crippen molar-refractivity contribution in [2.45, 2.75) is 70.5 Å². The number of nitrogens with one attached hydrogen (secondary N) is 1.